The number of aromatic nitrogens is 2. The number of sulfonamides is 1. The van der Waals surface area contributed by atoms with E-state index < -0.39 is 10.0 Å². The van der Waals surface area contributed by atoms with E-state index in [0.29, 0.717) is 18.2 Å². The molecular weight excluding hydrogens is 278 g/mol. The van der Waals surface area contributed by atoms with E-state index in [1.807, 2.05) is 6.92 Å². The standard InChI is InChI=1S/C12H21N5O2S/c1-2-10-13-7-11(15-10)20(18,19)17-9-5-3-4-8-6-14-16-12(8)9/h7-9,12,14,16-17H,2-6H2,1H3,(H,13,15). The summed E-state index contributed by atoms with van der Waals surface area (Å²) < 4.78 is 27.6. The maximum Gasteiger partial charge on any atom is 0.257 e. The summed E-state index contributed by atoms with van der Waals surface area (Å²) in [6.07, 6.45) is 5.15. The smallest absolute Gasteiger partial charge is 0.257 e. The topological polar surface area (TPSA) is 98.9 Å². The molecule has 0 bridgehead atoms. The van der Waals surface area contributed by atoms with Crippen LogP contribution in [0.2, 0.25) is 0 Å². The first-order valence-corrected chi connectivity index (χ1v) is 8.63. The van der Waals surface area contributed by atoms with Crippen molar-refractivity contribution >= 4 is 10.0 Å². The first kappa shape index (κ1) is 14.0. The number of nitrogens with one attached hydrogen (secondary N) is 4. The number of rotatable bonds is 4. The van der Waals surface area contributed by atoms with Crippen molar-refractivity contribution in [1.29, 1.82) is 0 Å². The lowest BCUT2D eigenvalue weighted by atomic mass is 9.83. The van der Waals surface area contributed by atoms with Gasteiger partial charge in [-0.05, 0) is 18.8 Å². The van der Waals surface area contributed by atoms with Gasteiger partial charge in [0.25, 0.3) is 10.0 Å². The van der Waals surface area contributed by atoms with Gasteiger partial charge in [-0.2, -0.15) is 0 Å². The van der Waals surface area contributed by atoms with Gasteiger partial charge in [0, 0.05) is 25.0 Å². The quantitative estimate of drug-likeness (QED) is 0.622. The molecule has 7 nitrogen and oxygen atoms in total. The molecule has 0 radical (unpaired) electrons. The van der Waals surface area contributed by atoms with Crippen LogP contribution in [0.3, 0.4) is 0 Å². The van der Waals surface area contributed by atoms with E-state index in [4.69, 9.17) is 0 Å². The van der Waals surface area contributed by atoms with Crippen LogP contribution in [-0.2, 0) is 16.4 Å². The number of hydrogen-bond donors (Lipinski definition) is 4. The Kier molecular flexibility index (Phi) is 3.80. The van der Waals surface area contributed by atoms with Gasteiger partial charge < -0.3 is 4.98 Å². The minimum atomic E-state index is -3.52. The van der Waals surface area contributed by atoms with Gasteiger partial charge in [0.15, 0.2) is 5.03 Å². The zero-order valence-electron chi connectivity index (χ0n) is 11.5. The fourth-order valence-corrected chi connectivity index (χ4v) is 4.33. The Morgan fingerprint density at radius 3 is 3.05 bits per heavy atom. The highest BCUT2D eigenvalue weighted by atomic mass is 32.2. The minimum absolute atomic E-state index is 0.0675. The molecule has 0 aromatic carbocycles. The summed E-state index contributed by atoms with van der Waals surface area (Å²) in [5.74, 6) is 1.19. The third-order valence-electron chi connectivity index (χ3n) is 4.20. The SMILES string of the molecule is CCc1ncc(S(=O)(=O)NC2CCCC3CNNC32)[nH]1. The lowest BCUT2D eigenvalue weighted by Gasteiger charge is -2.32. The molecule has 0 amide bonds. The third kappa shape index (κ3) is 2.60. The van der Waals surface area contributed by atoms with Crippen LogP contribution in [0.25, 0.3) is 0 Å². The Balaban J connectivity index is 1.75. The highest BCUT2D eigenvalue weighted by molar-refractivity contribution is 7.89. The number of H-pyrrole nitrogens is 1. The molecule has 3 atom stereocenters. The molecule has 2 fully saturated rings. The zero-order valence-corrected chi connectivity index (χ0v) is 12.3. The van der Waals surface area contributed by atoms with Crippen LogP contribution in [0.4, 0.5) is 0 Å². The van der Waals surface area contributed by atoms with Crippen molar-refractivity contribution in [3.63, 3.8) is 0 Å². The van der Waals surface area contributed by atoms with E-state index in [1.54, 1.807) is 0 Å². The summed E-state index contributed by atoms with van der Waals surface area (Å²) in [5, 5.41) is 0.155. The van der Waals surface area contributed by atoms with Crippen molar-refractivity contribution in [1.82, 2.24) is 25.5 Å². The van der Waals surface area contributed by atoms with Gasteiger partial charge in [0.1, 0.15) is 5.82 Å². The number of aromatic amines is 1. The average molecular weight is 299 g/mol. The number of fused-ring (bicyclic) bond motifs is 1. The van der Waals surface area contributed by atoms with Gasteiger partial charge >= 0.3 is 0 Å². The first-order valence-electron chi connectivity index (χ1n) is 7.15. The van der Waals surface area contributed by atoms with Crippen LogP contribution in [0.15, 0.2) is 11.2 Å². The molecule has 0 spiro atoms. The summed E-state index contributed by atoms with van der Waals surface area (Å²) in [7, 11) is -3.52. The number of aryl methyl sites for hydroxylation is 1. The summed E-state index contributed by atoms with van der Waals surface area (Å²) in [5.41, 5.74) is 6.32. The molecule has 1 aliphatic heterocycles. The molecule has 1 aromatic rings. The summed E-state index contributed by atoms with van der Waals surface area (Å²) in [6, 6.07) is 0.106. The molecule has 1 saturated carbocycles. The predicted octanol–water partition coefficient (Wildman–Crippen LogP) is -0.104. The largest absolute Gasteiger partial charge is 0.332 e. The lowest BCUT2D eigenvalue weighted by Crippen LogP contribution is -2.52. The number of imidazole rings is 1. The monoisotopic (exact) mass is 299 g/mol. The van der Waals surface area contributed by atoms with Crippen molar-refractivity contribution < 1.29 is 8.42 Å². The van der Waals surface area contributed by atoms with E-state index in [9.17, 15) is 8.42 Å². The average Bonchev–Trinajstić information content (AvgIpc) is 3.08. The molecule has 3 unspecified atom stereocenters. The van der Waals surface area contributed by atoms with Crippen molar-refractivity contribution in [2.24, 2.45) is 5.92 Å². The highest BCUT2D eigenvalue weighted by Gasteiger charge is 2.38. The fraction of sp³-hybridized carbons (Fsp3) is 0.750. The van der Waals surface area contributed by atoms with Gasteiger partial charge in [0.05, 0.1) is 6.20 Å². The maximum absolute atomic E-state index is 12.4. The Morgan fingerprint density at radius 1 is 1.45 bits per heavy atom. The molecule has 1 aliphatic carbocycles. The van der Waals surface area contributed by atoms with Crippen molar-refractivity contribution in [3.05, 3.63) is 12.0 Å². The van der Waals surface area contributed by atoms with Gasteiger partial charge in [0.2, 0.25) is 0 Å². The van der Waals surface area contributed by atoms with E-state index in [0.717, 1.165) is 25.8 Å². The summed E-state index contributed by atoms with van der Waals surface area (Å²) in [4.78, 5) is 6.91. The molecule has 112 valence electrons. The molecule has 2 aliphatic rings. The molecule has 1 aromatic heterocycles. The number of hydrogen-bond acceptors (Lipinski definition) is 5. The van der Waals surface area contributed by atoms with Crippen LogP contribution in [-0.4, -0.2) is 37.0 Å². The Morgan fingerprint density at radius 2 is 2.30 bits per heavy atom. The number of hydrazine groups is 1. The predicted molar refractivity (Wildman–Crippen MR) is 74.3 cm³/mol. The van der Waals surface area contributed by atoms with Gasteiger partial charge in [-0.3, -0.25) is 10.9 Å². The second kappa shape index (κ2) is 5.44. The van der Waals surface area contributed by atoms with Crippen molar-refractivity contribution in [3.8, 4) is 0 Å². The van der Waals surface area contributed by atoms with Crippen molar-refractivity contribution in [2.45, 2.75) is 49.7 Å². The third-order valence-corrected chi connectivity index (χ3v) is 5.60. The molecular formula is C12H21N5O2S. The Hall–Kier alpha value is -0.960. The summed E-state index contributed by atoms with van der Waals surface area (Å²) in [6.45, 7) is 2.84. The van der Waals surface area contributed by atoms with Crippen LogP contribution >= 0.6 is 0 Å². The molecule has 20 heavy (non-hydrogen) atoms. The lowest BCUT2D eigenvalue weighted by molar-refractivity contribution is 0.278. The van der Waals surface area contributed by atoms with E-state index >= 15 is 0 Å². The van der Waals surface area contributed by atoms with Crippen LogP contribution < -0.4 is 15.6 Å². The van der Waals surface area contributed by atoms with E-state index in [2.05, 4.69) is 25.5 Å². The molecule has 8 heteroatoms. The zero-order chi connectivity index (χ0) is 14.2. The number of nitrogens with zero attached hydrogens (tertiary/aromatic N) is 1. The van der Waals surface area contributed by atoms with E-state index in [1.165, 1.54) is 6.20 Å². The van der Waals surface area contributed by atoms with Gasteiger partial charge in [-0.1, -0.05) is 13.3 Å². The Bertz CT molecular complexity index is 570. The first-order chi connectivity index (χ1) is 9.60. The fourth-order valence-electron chi connectivity index (χ4n) is 3.10. The van der Waals surface area contributed by atoms with Gasteiger partial charge in [-0.25, -0.2) is 18.1 Å². The molecule has 4 N–H and O–H groups in total. The van der Waals surface area contributed by atoms with Crippen LogP contribution in [0.1, 0.15) is 32.0 Å². The summed E-state index contributed by atoms with van der Waals surface area (Å²) >= 11 is 0. The second-order valence-corrected chi connectivity index (χ2v) is 7.20. The van der Waals surface area contributed by atoms with Crippen LogP contribution in [0.5, 0.6) is 0 Å². The highest BCUT2D eigenvalue weighted by Crippen LogP contribution is 2.27. The maximum atomic E-state index is 12.4. The molecule has 1 saturated heterocycles. The normalized spacial score (nSPS) is 30.4. The van der Waals surface area contributed by atoms with Gasteiger partial charge in [-0.15, -0.1) is 0 Å². The molecule has 3 rings (SSSR count). The Labute approximate surface area is 119 Å². The minimum Gasteiger partial charge on any atom is -0.332 e. The van der Waals surface area contributed by atoms with Crippen LogP contribution in [0, 0.1) is 5.92 Å². The van der Waals surface area contributed by atoms with E-state index in [-0.39, 0.29) is 17.1 Å². The molecule has 2 heterocycles. The second-order valence-electron chi connectivity index (χ2n) is 5.52. The van der Waals surface area contributed by atoms with Crippen molar-refractivity contribution in [2.75, 3.05) is 6.54 Å².